The maximum Gasteiger partial charge on any atom is 0.220 e. The van der Waals surface area contributed by atoms with Crippen LogP contribution in [0.3, 0.4) is 0 Å². The smallest absolute Gasteiger partial charge is 0.220 e. The molecule has 3 heteroatoms. The monoisotopic (exact) mass is 311 g/mol. The predicted molar refractivity (Wildman–Crippen MR) is 80.1 cm³/mol. The van der Waals surface area contributed by atoms with Gasteiger partial charge in [0.1, 0.15) is 0 Å². The first-order valence-electron chi connectivity index (χ1n) is 6.42. The molecule has 0 fully saturated rings. The van der Waals surface area contributed by atoms with Gasteiger partial charge in [-0.2, -0.15) is 0 Å². The van der Waals surface area contributed by atoms with Crippen LogP contribution in [0.5, 0.6) is 0 Å². The Morgan fingerprint density at radius 3 is 2.61 bits per heavy atom. The zero-order valence-corrected chi connectivity index (χ0v) is 13.0. The summed E-state index contributed by atoms with van der Waals surface area (Å²) in [5.74, 6) is 0.127. The number of aryl methyl sites for hydroxylation is 2. The third-order valence-electron chi connectivity index (χ3n) is 3.40. The molecule has 0 aliphatic carbocycles. The van der Waals surface area contributed by atoms with Gasteiger partial charge in [-0.1, -0.05) is 47.1 Å². The van der Waals surface area contributed by atoms with Crippen molar-refractivity contribution in [3.63, 3.8) is 0 Å². The van der Waals surface area contributed by atoms with Crippen LogP contribution in [0.25, 0.3) is 0 Å². The minimum Gasteiger partial charge on any atom is -0.350 e. The van der Waals surface area contributed by atoms with Crippen molar-refractivity contribution in [2.75, 3.05) is 5.33 Å². The minimum atomic E-state index is -0.136. The van der Waals surface area contributed by atoms with Gasteiger partial charge in [0.25, 0.3) is 0 Å². The molecule has 0 bridgehead atoms. The molecule has 0 aliphatic heterocycles. The molecular formula is C15H22BrNO. The van der Waals surface area contributed by atoms with Gasteiger partial charge in [0, 0.05) is 17.3 Å². The van der Waals surface area contributed by atoms with Gasteiger partial charge in [0.2, 0.25) is 5.91 Å². The Labute approximate surface area is 118 Å². The van der Waals surface area contributed by atoms with Gasteiger partial charge in [0.05, 0.1) is 0 Å². The summed E-state index contributed by atoms with van der Waals surface area (Å²) in [5.41, 5.74) is 2.37. The second-order valence-corrected chi connectivity index (χ2v) is 5.58. The van der Waals surface area contributed by atoms with E-state index in [-0.39, 0.29) is 11.4 Å². The minimum absolute atomic E-state index is 0.127. The van der Waals surface area contributed by atoms with E-state index >= 15 is 0 Å². The number of hydrogen-bond acceptors (Lipinski definition) is 1. The summed E-state index contributed by atoms with van der Waals surface area (Å²) in [5, 5.41) is 3.88. The number of hydrogen-bond donors (Lipinski definition) is 1. The Bertz CT molecular complexity index is 399. The van der Waals surface area contributed by atoms with Gasteiger partial charge in [-0.05, 0) is 37.8 Å². The fourth-order valence-electron chi connectivity index (χ4n) is 1.75. The number of rotatable bonds is 6. The van der Waals surface area contributed by atoms with Gasteiger partial charge < -0.3 is 5.32 Å². The van der Waals surface area contributed by atoms with Gasteiger partial charge in [-0.3, -0.25) is 4.79 Å². The quantitative estimate of drug-likeness (QED) is 0.799. The summed E-state index contributed by atoms with van der Waals surface area (Å²) >= 11 is 3.45. The number of carbonyl (C=O) groups excluding carboxylic acids is 1. The van der Waals surface area contributed by atoms with Crippen molar-refractivity contribution in [3.8, 4) is 0 Å². The Morgan fingerprint density at radius 2 is 2.06 bits per heavy atom. The van der Waals surface area contributed by atoms with Crippen molar-refractivity contribution < 1.29 is 4.79 Å². The maximum atomic E-state index is 11.9. The van der Waals surface area contributed by atoms with Crippen LogP contribution in [0.4, 0.5) is 0 Å². The number of alkyl halides is 1. The van der Waals surface area contributed by atoms with E-state index in [1.54, 1.807) is 0 Å². The van der Waals surface area contributed by atoms with Crippen molar-refractivity contribution >= 4 is 21.8 Å². The molecule has 1 rings (SSSR count). The fraction of sp³-hybridized carbons (Fsp3) is 0.533. The van der Waals surface area contributed by atoms with E-state index in [2.05, 4.69) is 54.2 Å². The van der Waals surface area contributed by atoms with Crippen LogP contribution in [0.15, 0.2) is 24.3 Å². The molecule has 1 amide bonds. The van der Waals surface area contributed by atoms with Crippen LogP contribution in [-0.2, 0) is 11.2 Å². The second-order valence-electron chi connectivity index (χ2n) is 5.02. The van der Waals surface area contributed by atoms with Crippen molar-refractivity contribution in [2.45, 2.75) is 45.6 Å². The third kappa shape index (κ3) is 4.45. The molecule has 0 saturated carbocycles. The first-order valence-corrected chi connectivity index (χ1v) is 7.54. The zero-order chi connectivity index (χ0) is 13.6. The molecule has 0 aliphatic rings. The average Bonchev–Trinajstić information content (AvgIpc) is 2.37. The van der Waals surface area contributed by atoms with Crippen LogP contribution in [-0.4, -0.2) is 16.8 Å². The van der Waals surface area contributed by atoms with Crippen LogP contribution in [0, 0.1) is 6.92 Å². The topological polar surface area (TPSA) is 29.1 Å². The standard InChI is InChI=1S/C15H22BrNO/c1-4-15(3,11-16)17-14(18)10-9-13-8-6-5-7-12(13)2/h5-8H,4,9-11H2,1-3H3,(H,17,18). The van der Waals surface area contributed by atoms with Crippen molar-refractivity contribution in [1.82, 2.24) is 5.32 Å². The summed E-state index contributed by atoms with van der Waals surface area (Å²) in [6.07, 6.45) is 2.28. The van der Waals surface area contributed by atoms with E-state index in [0.29, 0.717) is 6.42 Å². The summed E-state index contributed by atoms with van der Waals surface area (Å²) in [6, 6.07) is 8.22. The lowest BCUT2D eigenvalue weighted by Gasteiger charge is -2.27. The summed E-state index contributed by atoms with van der Waals surface area (Å²) in [4.78, 5) is 11.9. The van der Waals surface area contributed by atoms with Crippen molar-refractivity contribution in [1.29, 1.82) is 0 Å². The molecule has 0 saturated heterocycles. The molecule has 100 valence electrons. The molecule has 18 heavy (non-hydrogen) atoms. The van der Waals surface area contributed by atoms with E-state index in [0.717, 1.165) is 18.2 Å². The average molecular weight is 312 g/mol. The molecule has 0 radical (unpaired) electrons. The van der Waals surface area contributed by atoms with Crippen LogP contribution in [0.2, 0.25) is 0 Å². The van der Waals surface area contributed by atoms with E-state index < -0.39 is 0 Å². The molecule has 1 N–H and O–H groups in total. The lowest BCUT2D eigenvalue weighted by molar-refractivity contribution is -0.122. The second kappa shape index (κ2) is 6.93. The van der Waals surface area contributed by atoms with E-state index in [9.17, 15) is 4.79 Å². The Hall–Kier alpha value is -0.830. The van der Waals surface area contributed by atoms with Gasteiger partial charge >= 0.3 is 0 Å². The largest absolute Gasteiger partial charge is 0.350 e. The molecule has 1 atom stereocenters. The Kier molecular flexibility index (Phi) is 5.86. The highest BCUT2D eigenvalue weighted by atomic mass is 79.9. The summed E-state index contributed by atoms with van der Waals surface area (Å²) in [6.45, 7) is 6.23. The SMILES string of the molecule is CCC(C)(CBr)NC(=O)CCc1ccccc1C. The highest BCUT2D eigenvalue weighted by Gasteiger charge is 2.22. The normalized spacial score (nSPS) is 14.0. The number of carbonyl (C=O) groups is 1. The lowest BCUT2D eigenvalue weighted by Crippen LogP contribution is -2.47. The van der Waals surface area contributed by atoms with Crippen LogP contribution < -0.4 is 5.32 Å². The highest BCUT2D eigenvalue weighted by Crippen LogP contribution is 2.14. The number of nitrogens with one attached hydrogen (secondary N) is 1. The van der Waals surface area contributed by atoms with Crippen molar-refractivity contribution in [3.05, 3.63) is 35.4 Å². The molecule has 1 unspecified atom stereocenters. The number of amides is 1. The predicted octanol–water partition coefficient (Wildman–Crippen LogP) is 3.61. The molecule has 0 spiro atoms. The molecular weight excluding hydrogens is 290 g/mol. The van der Waals surface area contributed by atoms with Crippen LogP contribution in [0.1, 0.15) is 37.8 Å². The number of halogens is 1. The molecule has 1 aromatic rings. The van der Waals surface area contributed by atoms with Gasteiger partial charge in [-0.15, -0.1) is 0 Å². The highest BCUT2D eigenvalue weighted by molar-refractivity contribution is 9.09. The fourth-order valence-corrected chi connectivity index (χ4v) is 2.29. The zero-order valence-electron chi connectivity index (χ0n) is 11.4. The summed E-state index contributed by atoms with van der Waals surface area (Å²) in [7, 11) is 0. The van der Waals surface area contributed by atoms with Crippen LogP contribution >= 0.6 is 15.9 Å². The third-order valence-corrected chi connectivity index (χ3v) is 4.64. The first kappa shape index (κ1) is 15.2. The Morgan fingerprint density at radius 1 is 1.39 bits per heavy atom. The van der Waals surface area contributed by atoms with E-state index in [1.165, 1.54) is 11.1 Å². The van der Waals surface area contributed by atoms with Gasteiger partial charge in [0.15, 0.2) is 0 Å². The lowest BCUT2D eigenvalue weighted by atomic mass is 10.0. The van der Waals surface area contributed by atoms with E-state index in [4.69, 9.17) is 0 Å². The molecule has 0 aromatic heterocycles. The van der Waals surface area contributed by atoms with E-state index in [1.807, 2.05) is 12.1 Å². The number of benzene rings is 1. The Balaban J connectivity index is 2.50. The molecule has 2 nitrogen and oxygen atoms in total. The summed E-state index contributed by atoms with van der Waals surface area (Å²) < 4.78 is 0. The molecule has 1 aromatic carbocycles. The van der Waals surface area contributed by atoms with Crippen molar-refractivity contribution in [2.24, 2.45) is 0 Å². The first-order chi connectivity index (χ1) is 8.50. The molecule has 0 heterocycles. The van der Waals surface area contributed by atoms with Gasteiger partial charge in [-0.25, -0.2) is 0 Å². The maximum absolute atomic E-state index is 11.9.